The molecule has 1 fully saturated rings. The molecule has 0 unspecified atom stereocenters. The summed E-state index contributed by atoms with van der Waals surface area (Å²) >= 11 is 0. The van der Waals surface area contributed by atoms with Crippen molar-refractivity contribution in [3.05, 3.63) is 22.7 Å². The van der Waals surface area contributed by atoms with Crippen LogP contribution in [0, 0.1) is 0 Å². The molecular formula is C15H23N3O5. The summed E-state index contributed by atoms with van der Waals surface area (Å²) in [6, 6.07) is 1.39. The molecule has 0 aliphatic carbocycles. The van der Waals surface area contributed by atoms with Gasteiger partial charge in [0.25, 0.3) is 0 Å². The van der Waals surface area contributed by atoms with Gasteiger partial charge in [0.2, 0.25) is 5.72 Å². The van der Waals surface area contributed by atoms with Gasteiger partial charge < -0.3 is 20.7 Å². The Kier molecular flexibility index (Phi) is 5.51. The van der Waals surface area contributed by atoms with Gasteiger partial charge >= 0.3 is 5.69 Å². The van der Waals surface area contributed by atoms with E-state index in [1.165, 1.54) is 12.3 Å². The van der Waals surface area contributed by atoms with E-state index in [-0.39, 0.29) is 24.4 Å². The van der Waals surface area contributed by atoms with Gasteiger partial charge in [-0.2, -0.15) is 4.98 Å². The third-order valence-electron chi connectivity index (χ3n) is 4.10. The zero-order chi connectivity index (χ0) is 17.0. The van der Waals surface area contributed by atoms with Crippen LogP contribution in [-0.4, -0.2) is 44.4 Å². The number of hydrogen-bond donors (Lipinski definition) is 3. The summed E-state index contributed by atoms with van der Waals surface area (Å²) in [5, 5.41) is 19.4. The van der Waals surface area contributed by atoms with Crippen LogP contribution in [0.5, 0.6) is 0 Å². The lowest BCUT2D eigenvalue weighted by Crippen LogP contribution is -2.48. The first-order valence-electron chi connectivity index (χ1n) is 7.80. The van der Waals surface area contributed by atoms with E-state index < -0.39 is 30.2 Å². The normalized spacial score (nSPS) is 27.3. The first-order valence-corrected chi connectivity index (χ1v) is 7.80. The number of nitrogen functional groups attached to an aromatic ring is 1. The minimum Gasteiger partial charge on any atom is -0.394 e. The Hall–Kier alpha value is -1.77. The molecule has 128 valence electrons. The second-order valence-corrected chi connectivity index (χ2v) is 5.78. The number of nitrogens with zero attached hydrogens (tertiary/aromatic N) is 2. The van der Waals surface area contributed by atoms with Gasteiger partial charge in [-0.1, -0.05) is 19.8 Å². The highest BCUT2D eigenvalue weighted by Crippen LogP contribution is 2.36. The van der Waals surface area contributed by atoms with E-state index in [1.54, 1.807) is 0 Å². The van der Waals surface area contributed by atoms with Crippen molar-refractivity contribution >= 4 is 11.6 Å². The Morgan fingerprint density at radius 3 is 2.87 bits per heavy atom. The third kappa shape index (κ3) is 3.44. The maximum Gasteiger partial charge on any atom is 0.352 e. The van der Waals surface area contributed by atoms with Gasteiger partial charge in [-0.3, -0.25) is 9.36 Å². The van der Waals surface area contributed by atoms with Crippen molar-refractivity contribution in [1.82, 2.24) is 9.55 Å². The van der Waals surface area contributed by atoms with Gasteiger partial charge in [-0.05, 0) is 12.5 Å². The molecule has 1 aromatic rings. The fourth-order valence-electron chi connectivity index (χ4n) is 2.84. The number of carbonyl (C=O) groups is 1. The summed E-state index contributed by atoms with van der Waals surface area (Å²) in [4.78, 5) is 28.5. The van der Waals surface area contributed by atoms with Crippen LogP contribution in [-0.2, 0) is 15.3 Å². The standard InChI is InChI=1S/C15H23N3O5/c1-2-3-4-5-12(21)15(8-10(20)11(9-19)23-15)18-7-6-13(16)17-14(18)22/h6-7,10-11,19-20H,2-5,8-9H2,1H3,(H2,16,17,22)/t10-,11+,15-/m0/s1. The number of unbranched alkanes of at least 4 members (excludes halogenated alkanes) is 2. The van der Waals surface area contributed by atoms with Crippen LogP contribution in [0.2, 0.25) is 0 Å². The third-order valence-corrected chi connectivity index (χ3v) is 4.10. The van der Waals surface area contributed by atoms with Crippen LogP contribution in [0.3, 0.4) is 0 Å². The predicted molar refractivity (Wildman–Crippen MR) is 82.6 cm³/mol. The van der Waals surface area contributed by atoms with Crippen molar-refractivity contribution in [3.63, 3.8) is 0 Å². The molecule has 8 heteroatoms. The average Bonchev–Trinajstić information content (AvgIpc) is 2.85. The fourth-order valence-corrected chi connectivity index (χ4v) is 2.84. The van der Waals surface area contributed by atoms with Gasteiger partial charge in [0, 0.05) is 19.0 Å². The van der Waals surface area contributed by atoms with Crippen LogP contribution < -0.4 is 11.4 Å². The van der Waals surface area contributed by atoms with Crippen LogP contribution in [0.4, 0.5) is 5.82 Å². The molecule has 4 N–H and O–H groups in total. The van der Waals surface area contributed by atoms with E-state index in [0.717, 1.165) is 17.4 Å². The van der Waals surface area contributed by atoms with E-state index in [1.807, 2.05) is 6.92 Å². The molecule has 0 aromatic carbocycles. The molecule has 0 radical (unpaired) electrons. The molecule has 23 heavy (non-hydrogen) atoms. The predicted octanol–water partition coefficient (Wildman–Crippen LogP) is -0.230. The number of ether oxygens (including phenoxy) is 1. The van der Waals surface area contributed by atoms with Crippen LogP contribution in [0.1, 0.15) is 39.0 Å². The Morgan fingerprint density at radius 2 is 2.30 bits per heavy atom. The van der Waals surface area contributed by atoms with Crippen LogP contribution >= 0.6 is 0 Å². The lowest BCUT2D eigenvalue weighted by molar-refractivity contribution is -0.162. The lowest BCUT2D eigenvalue weighted by Gasteiger charge is -2.29. The molecule has 1 saturated heterocycles. The highest BCUT2D eigenvalue weighted by atomic mass is 16.6. The van der Waals surface area contributed by atoms with Crippen molar-refractivity contribution in [2.75, 3.05) is 12.3 Å². The Labute approximate surface area is 133 Å². The summed E-state index contributed by atoms with van der Waals surface area (Å²) in [6.45, 7) is 1.58. The molecule has 8 nitrogen and oxygen atoms in total. The quantitative estimate of drug-likeness (QED) is 0.591. The van der Waals surface area contributed by atoms with Crippen molar-refractivity contribution in [3.8, 4) is 0 Å². The number of Topliss-reactive ketones (excluding diaryl/α,β-unsaturated/α-hetero) is 1. The van der Waals surface area contributed by atoms with Gasteiger partial charge in [-0.25, -0.2) is 4.79 Å². The Morgan fingerprint density at radius 1 is 1.57 bits per heavy atom. The second kappa shape index (κ2) is 7.20. The largest absolute Gasteiger partial charge is 0.394 e. The van der Waals surface area contributed by atoms with E-state index in [9.17, 15) is 19.8 Å². The maximum absolute atomic E-state index is 12.8. The Bertz CT molecular complexity index is 617. The minimum absolute atomic E-state index is 0.0390. The zero-order valence-electron chi connectivity index (χ0n) is 13.1. The topological polar surface area (TPSA) is 128 Å². The van der Waals surface area contributed by atoms with Crippen molar-refractivity contribution in [2.24, 2.45) is 0 Å². The highest BCUT2D eigenvalue weighted by molar-refractivity contribution is 5.85. The van der Waals surface area contributed by atoms with Gasteiger partial charge in [0.15, 0.2) is 5.78 Å². The summed E-state index contributed by atoms with van der Waals surface area (Å²) in [5.74, 6) is -0.272. The molecule has 0 bridgehead atoms. The summed E-state index contributed by atoms with van der Waals surface area (Å²) in [5.41, 5.74) is 3.12. The first kappa shape index (κ1) is 17.6. The number of hydrogen-bond acceptors (Lipinski definition) is 7. The minimum atomic E-state index is -1.64. The SMILES string of the molecule is CCCCCC(=O)[C@]1(n2ccc(N)nc2=O)C[C@H](O)[C@@H](CO)O1. The number of aromatic nitrogens is 2. The Balaban J connectivity index is 2.40. The number of rotatable bonds is 7. The van der Waals surface area contributed by atoms with E-state index in [0.29, 0.717) is 6.42 Å². The van der Waals surface area contributed by atoms with Crippen molar-refractivity contribution in [1.29, 1.82) is 0 Å². The number of carbonyl (C=O) groups excluding carboxylic acids is 1. The molecule has 0 amide bonds. The van der Waals surface area contributed by atoms with Gasteiger partial charge in [0.1, 0.15) is 11.9 Å². The van der Waals surface area contributed by atoms with Gasteiger partial charge in [-0.15, -0.1) is 0 Å². The summed E-state index contributed by atoms with van der Waals surface area (Å²) in [7, 11) is 0. The number of ketones is 1. The lowest BCUT2D eigenvalue weighted by atomic mass is 9.97. The van der Waals surface area contributed by atoms with Crippen LogP contribution in [0.15, 0.2) is 17.1 Å². The van der Waals surface area contributed by atoms with Crippen LogP contribution in [0.25, 0.3) is 0 Å². The van der Waals surface area contributed by atoms with Crippen molar-refractivity contribution in [2.45, 2.75) is 57.0 Å². The van der Waals surface area contributed by atoms with E-state index in [4.69, 9.17) is 10.5 Å². The number of aliphatic hydroxyl groups is 2. The molecule has 3 atom stereocenters. The highest BCUT2D eigenvalue weighted by Gasteiger charge is 2.52. The molecule has 0 spiro atoms. The molecular weight excluding hydrogens is 302 g/mol. The molecule has 0 saturated carbocycles. The monoisotopic (exact) mass is 325 g/mol. The molecule has 2 rings (SSSR count). The fraction of sp³-hybridized carbons (Fsp3) is 0.667. The zero-order valence-corrected chi connectivity index (χ0v) is 13.1. The molecule has 2 heterocycles. The maximum atomic E-state index is 12.8. The van der Waals surface area contributed by atoms with Crippen molar-refractivity contribution < 1.29 is 19.7 Å². The van der Waals surface area contributed by atoms with E-state index >= 15 is 0 Å². The smallest absolute Gasteiger partial charge is 0.352 e. The summed E-state index contributed by atoms with van der Waals surface area (Å²) < 4.78 is 6.71. The van der Waals surface area contributed by atoms with E-state index in [2.05, 4.69) is 4.98 Å². The average molecular weight is 325 g/mol. The number of aliphatic hydroxyl groups excluding tert-OH is 2. The first-order chi connectivity index (χ1) is 10.9. The molecule has 1 aliphatic heterocycles. The van der Waals surface area contributed by atoms with Gasteiger partial charge in [0.05, 0.1) is 12.7 Å². The number of anilines is 1. The second-order valence-electron chi connectivity index (χ2n) is 5.78. The summed E-state index contributed by atoms with van der Waals surface area (Å²) in [6.07, 6.45) is 1.99. The number of nitrogens with two attached hydrogens (primary N) is 1. The molecule has 1 aliphatic rings. The molecule has 1 aromatic heterocycles.